The number of para-hydroxylation sites is 1. The Bertz CT molecular complexity index is 610. The average molecular weight is 256 g/mol. The number of rotatable bonds is 5. The SMILES string of the molecule is CCn1nc(CC(=O)C(C)C2CC2)c2ccccc21. The molecule has 1 atom stereocenters. The van der Waals surface area contributed by atoms with Crippen molar-refractivity contribution in [1.29, 1.82) is 0 Å². The van der Waals surface area contributed by atoms with Gasteiger partial charge in [-0.25, -0.2) is 0 Å². The molecular weight excluding hydrogens is 236 g/mol. The quantitative estimate of drug-likeness (QED) is 0.823. The van der Waals surface area contributed by atoms with Gasteiger partial charge in [0, 0.05) is 17.8 Å². The molecule has 2 aromatic rings. The summed E-state index contributed by atoms with van der Waals surface area (Å²) in [6.07, 6.45) is 2.92. The molecule has 0 bridgehead atoms. The van der Waals surface area contributed by atoms with E-state index in [4.69, 9.17) is 0 Å². The van der Waals surface area contributed by atoms with Crippen LogP contribution in [0.1, 0.15) is 32.4 Å². The Labute approximate surface area is 113 Å². The van der Waals surface area contributed by atoms with E-state index in [9.17, 15) is 4.79 Å². The van der Waals surface area contributed by atoms with E-state index in [1.165, 1.54) is 12.8 Å². The second kappa shape index (κ2) is 4.80. The molecule has 0 N–H and O–H groups in total. The molecule has 0 amide bonds. The van der Waals surface area contributed by atoms with Crippen LogP contribution < -0.4 is 0 Å². The summed E-state index contributed by atoms with van der Waals surface area (Å²) in [5.74, 6) is 1.17. The van der Waals surface area contributed by atoms with Gasteiger partial charge in [0.1, 0.15) is 5.78 Å². The molecule has 1 aliphatic rings. The predicted molar refractivity (Wildman–Crippen MR) is 76.0 cm³/mol. The third-order valence-corrected chi connectivity index (χ3v) is 4.21. The Morgan fingerprint density at radius 2 is 2.16 bits per heavy atom. The van der Waals surface area contributed by atoms with E-state index in [0.717, 1.165) is 23.1 Å². The Balaban J connectivity index is 1.89. The van der Waals surface area contributed by atoms with Crippen LogP contribution in [-0.4, -0.2) is 15.6 Å². The van der Waals surface area contributed by atoms with Crippen molar-refractivity contribution in [2.75, 3.05) is 0 Å². The maximum Gasteiger partial charge on any atom is 0.142 e. The molecule has 1 aromatic heterocycles. The van der Waals surface area contributed by atoms with Crippen molar-refractivity contribution in [3.63, 3.8) is 0 Å². The van der Waals surface area contributed by atoms with Gasteiger partial charge >= 0.3 is 0 Å². The van der Waals surface area contributed by atoms with Crippen LogP contribution in [0.2, 0.25) is 0 Å². The highest BCUT2D eigenvalue weighted by Gasteiger charge is 2.32. The fourth-order valence-electron chi connectivity index (χ4n) is 2.75. The lowest BCUT2D eigenvalue weighted by Gasteiger charge is -2.07. The van der Waals surface area contributed by atoms with Crippen molar-refractivity contribution in [2.24, 2.45) is 11.8 Å². The summed E-state index contributed by atoms with van der Waals surface area (Å²) in [6.45, 7) is 4.99. The van der Waals surface area contributed by atoms with Gasteiger partial charge in [-0.2, -0.15) is 5.10 Å². The fourth-order valence-corrected chi connectivity index (χ4v) is 2.75. The highest BCUT2D eigenvalue weighted by atomic mass is 16.1. The standard InChI is InChI=1S/C16H20N2O/c1-3-18-15-7-5-4-6-13(15)14(17-18)10-16(19)11(2)12-8-9-12/h4-7,11-12H,3,8-10H2,1-2H3. The van der Waals surface area contributed by atoms with Crippen LogP contribution in [-0.2, 0) is 17.8 Å². The second-order valence-electron chi connectivity index (χ2n) is 5.55. The summed E-state index contributed by atoms with van der Waals surface area (Å²) in [7, 11) is 0. The third kappa shape index (κ3) is 2.29. The summed E-state index contributed by atoms with van der Waals surface area (Å²) in [6, 6.07) is 8.18. The molecular formula is C16H20N2O. The van der Waals surface area contributed by atoms with Gasteiger partial charge in [-0.3, -0.25) is 9.48 Å². The van der Waals surface area contributed by atoms with E-state index < -0.39 is 0 Å². The molecule has 3 heteroatoms. The number of fused-ring (bicyclic) bond motifs is 1. The zero-order valence-corrected chi connectivity index (χ0v) is 11.6. The number of carbonyl (C=O) groups is 1. The molecule has 1 aromatic carbocycles. The zero-order chi connectivity index (χ0) is 13.4. The lowest BCUT2D eigenvalue weighted by atomic mass is 9.96. The van der Waals surface area contributed by atoms with E-state index in [-0.39, 0.29) is 5.92 Å². The third-order valence-electron chi connectivity index (χ3n) is 4.21. The van der Waals surface area contributed by atoms with E-state index in [1.807, 2.05) is 16.8 Å². The number of ketones is 1. The van der Waals surface area contributed by atoms with Gasteiger partial charge in [0.05, 0.1) is 17.6 Å². The molecule has 1 fully saturated rings. The van der Waals surface area contributed by atoms with Crippen molar-refractivity contribution < 1.29 is 4.79 Å². The van der Waals surface area contributed by atoms with Crippen molar-refractivity contribution in [3.05, 3.63) is 30.0 Å². The molecule has 19 heavy (non-hydrogen) atoms. The van der Waals surface area contributed by atoms with Gasteiger partial charge < -0.3 is 0 Å². The van der Waals surface area contributed by atoms with Crippen LogP contribution in [0.5, 0.6) is 0 Å². The molecule has 100 valence electrons. The van der Waals surface area contributed by atoms with E-state index in [1.54, 1.807) is 0 Å². The molecule has 1 unspecified atom stereocenters. The molecule has 3 nitrogen and oxygen atoms in total. The number of Topliss-reactive ketones (excluding diaryl/α,β-unsaturated/α-hetero) is 1. The molecule has 1 heterocycles. The highest BCUT2D eigenvalue weighted by molar-refractivity contribution is 5.89. The molecule has 0 radical (unpaired) electrons. The van der Waals surface area contributed by atoms with Gasteiger partial charge in [0.25, 0.3) is 0 Å². The maximum atomic E-state index is 12.3. The molecule has 3 rings (SSSR count). The van der Waals surface area contributed by atoms with E-state index in [2.05, 4.69) is 31.1 Å². The van der Waals surface area contributed by atoms with Crippen LogP contribution in [0.3, 0.4) is 0 Å². The largest absolute Gasteiger partial charge is 0.299 e. The Hall–Kier alpha value is -1.64. The Morgan fingerprint density at radius 1 is 1.42 bits per heavy atom. The average Bonchev–Trinajstić information content (AvgIpc) is 3.22. The first-order chi connectivity index (χ1) is 9.20. The minimum Gasteiger partial charge on any atom is -0.299 e. The van der Waals surface area contributed by atoms with Crippen LogP contribution in [0.4, 0.5) is 0 Å². The number of hydrogen-bond donors (Lipinski definition) is 0. The zero-order valence-electron chi connectivity index (χ0n) is 11.6. The predicted octanol–water partition coefficient (Wildman–Crippen LogP) is 3.21. The number of hydrogen-bond acceptors (Lipinski definition) is 2. The lowest BCUT2D eigenvalue weighted by Crippen LogP contribution is -2.16. The summed E-state index contributed by atoms with van der Waals surface area (Å²) in [4.78, 5) is 12.3. The number of aryl methyl sites for hydroxylation is 1. The number of aromatic nitrogens is 2. The molecule has 0 aliphatic heterocycles. The minimum atomic E-state index is 0.200. The second-order valence-corrected chi connectivity index (χ2v) is 5.55. The molecule has 0 saturated heterocycles. The minimum absolute atomic E-state index is 0.200. The van der Waals surface area contributed by atoms with Crippen molar-refractivity contribution in [1.82, 2.24) is 9.78 Å². The van der Waals surface area contributed by atoms with Crippen LogP contribution in [0, 0.1) is 11.8 Å². The van der Waals surface area contributed by atoms with Crippen LogP contribution >= 0.6 is 0 Å². The lowest BCUT2D eigenvalue weighted by molar-refractivity contribution is -0.122. The number of nitrogens with zero attached hydrogens (tertiary/aromatic N) is 2. The normalized spacial score (nSPS) is 16.7. The first kappa shape index (κ1) is 12.4. The summed E-state index contributed by atoms with van der Waals surface area (Å²) in [5, 5.41) is 5.73. The van der Waals surface area contributed by atoms with Gasteiger partial charge in [-0.1, -0.05) is 25.1 Å². The Morgan fingerprint density at radius 3 is 2.84 bits per heavy atom. The molecule has 1 aliphatic carbocycles. The fraction of sp³-hybridized carbons (Fsp3) is 0.500. The van der Waals surface area contributed by atoms with Crippen molar-refractivity contribution >= 4 is 16.7 Å². The van der Waals surface area contributed by atoms with E-state index in [0.29, 0.717) is 18.1 Å². The van der Waals surface area contributed by atoms with Crippen molar-refractivity contribution in [3.8, 4) is 0 Å². The van der Waals surface area contributed by atoms with Gasteiger partial charge in [-0.05, 0) is 31.7 Å². The van der Waals surface area contributed by atoms with Gasteiger partial charge in [0.2, 0.25) is 0 Å². The van der Waals surface area contributed by atoms with Crippen molar-refractivity contribution in [2.45, 2.75) is 39.7 Å². The number of benzene rings is 1. The smallest absolute Gasteiger partial charge is 0.142 e. The molecule has 1 saturated carbocycles. The first-order valence-electron chi connectivity index (χ1n) is 7.17. The van der Waals surface area contributed by atoms with Gasteiger partial charge in [-0.15, -0.1) is 0 Å². The molecule has 0 spiro atoms. The maximum absolute atomic E-state index is 12.3. The van der Waals surface area contributed by atoms with E-state index >= 15 is 0 Å². The summed E-state index contributed by atoms with van der Waals surface area (Å²) in [5.41, 5.74) is 2.07. The van der Waals surface area contributed by atoms with Crippen LogP contribution in [0.15, 0.2) is 24.3 Å². The topological polar surface area (TPSA) is 34.9 Å². The Kier molecular flexibility index (Phi) is 3.13. The van der Waals surface area contributed by atoms with Gasteiger partial charge in [0.15, 0.2) is 0 Å². The number of carbonyl (C=O) groups excluding carboxylic acids is 1. The summed E-state index contributed by atoms with van der Waals surface area (Å²) < 4.78 is 1.99. The monoisotopic (exact) mass is 256 g/mol. The first-order valence-corrected chi connectivity index (χ1v) is 7.17. The highest BCUT2D eigenvalue weighted by Crippen LogP contribution is 2.37. The summed E-state index contributed by atoms with van der Waals surface area (Å²) >= 11 is 0. The van der Waals surface area contributed by atoms with Crippen LogP contribution in [0.25, 0.3) is 10.9 Å².